The smallest absolute Gasteiger partial charge is 0.339 e. The van der Waals surface area contributed by atoms with Crippen LogP contribution in [0.5, 0.6) is 0 Å². The lowest BCUT2D eigenvalue weighted by molar-refractivity contribution is -0.135. The first-order valence-electron chi connectivity index (χ1n) is 10.9. The number of rotatable bonds is 18. The Morgan fingerprint density at radius 1 is 0.821 bits per heavy atom. The number of hydrogen-bond donors (Lipinski definition) is 4. The molecule has 0 aromatic carbocycles. The number of carboxylic acids is 1. The highest BCUT2D eigenvalue weighted by molar-refractivity contribution is 7.51. The van der Waals surface area contributed by atoms with Crippen LogP contribution in [0.2, 0.25) is 0 Å². The molecule has 0 saturated heterocycles. The van der Waals surface area contributed by atoms with Gasteiger partial charge >= 0.3 is 13.6 Å². The standard InChI is InChI=1S/C17H37N.C3H8NO5P/c1-4-6-8-10-12-14-16-18(3)17-15-13-11-9-7-5-2;5-3(6)1-4-2-10(7,8)9/h4-17H2,1-3H3;4H,1-2H2,(H,5,6)(H2,7,8,9). The highest BCUT2D eigenvalue weighted by Crippen LogP contribution is 2.31. The lowest BCUT2D eigenvalue weighted by atomic mass is 10.1. The number of carboxylic acid groups (broad SMARTS) is 1. The number of unbranched alkanes of at least 4 members (excludes halogenated alkanes) is 10. The van der Waals surface area contributed by atoms with Crippen molar-refractivity contribution in [2.24, 2.45) is 0 Å². The molecule has 170 valence electrons. The van der Waals surface area contributed by atoms with E-state index in [-0.39, 0.29) is 0 Å². The average Bonchev–Trinajstić information content (AvgIpc) is 2.60. The summed E-state index contributed by atoms with van der Waals surface area (Å²) in [5.41, 5.74) is 0. The molecular formula is C20H45N2O5P. The molecule has 0 saturated carbocycles. The Kier molecular flexibility index (Phi) is 22.6. The molecule has 0 rings (SSSR count). The van der Waals surface area contributed by atoms with E-state index in [4.69, 9.17) is 14.9 Å². The SMILES string of the molecule is CCCCCCCCN(C)CCCCCCCC.O=C(O)CNCP(=O)(O)O. The topological polar surface area (TPSA) is 110 Å². The minimum Gasteiger partial charge on any atom is -0.480 e. The quantitative estimate of drug-likeness (QED) is 0.190. The van der Waals surface area contributed by atoms with E-state index in [1.807, 2.05) is 0 Å². The van der Waals surface area contributed by atoms with Gasteiger partial charge in [-0.3, -0.25) is 14.7 Å². The van der Waals surface area contributed by atoms with Gasteiger partial charge < -0.3 is 19.8 Å². The van der Waals surface area contributed by atoms with Crippen molar-refractivity contribution in [3.05, 3.63) is 0 Å². The molecule has 0 aromatic heterocycles. The zero-order chi connectivity index (χ0) is 21.7. The van der Waals surface area contributed by atoms with Crippen molar-refractivity contribution in [3.63, 3.8) is 0 Å². The van der Waals surface area contributed by atoms with Gasteiger partial charge in [0.05, 0.1) is 12.8 Å². The van der Waals surface area contributed by atoms with E-state index in [1.54, 1.807) is 0 Å². The molecule has 0 spiro atoms. The fourth-order valence-corrected chi connectivity index (χ4v) is 3.15. The van der Waals surface area contributed by atoms with Crippen LogP contribution in [0.15, 0.2) is 0 Å². The zero-order valence-corrected chi connectivity index (χ0v) is 19.3. The number of nitrogens with one attached hydrogen (secondary N) is 1. The summed E-state index contributed by atoms with van der Waals surface area (Å²) in [5, 5.41) is 10.1. The average molecular weight is 425 g/mol. The molecule has 0 heterocycles. The Morgan fingerprint density at radius 3 is 1.57 bits per heavy atom. The lowest BCUT2D eigenvalue weighted by Crippen LogP contribution is -2.23. The van der Waals surface area contributed by atoms with E-state index < -0.39 is 26.4 Å². The summed E-state index contributed by atoms with van der Waals surface area (Å²) in [7, 11) is -1.81. The molecule has 7 nitrogen and oxygen atoms in total. The summed E-state index contributed by atoms with van der Waals surface area (Å²) in [6.07, 6.45) is 16.4. The molecule has 0 amide bonds. The first-order chi connectivity index (χ1) is 13.2. The van der Waals surface area contributed by atoms with Gasteiger partial charge in [0.15, 0.2) is 0 Å². The highest BCUT2D eigenvalue weighted by atomic mass is 31.2. The van der Waals surface area contributed by atoms with E-state index in [1.165, 1.54) is 90.1 Å². The summed E-state index contributed by atoms with van der Waals surface area (Å²) in [4.78, 5) is 28.7. The molecule has 0 atom stereocenters. The number of hydrogen-bond acceptors (Lipinski definition) is 4. The van der Waals surface area contributed by atoms with Gasteiger partial charge in [0.2, 0.25) is 0 Å². The van der Waals surface area contributed by atoms with Crippen molar-refractivity contribution < 1.29 is 24.3 Å². The van der Waals surface area contributed by atoms with Crippen LogP contribution in [0.3, 0.4) is 0 Å². The highest BCUT2D eigenvalue weighted by Gasteiger charge is 2.11. The number of carbonyl (C=O) groups is 1. The zero-order valence-electron chi connectivity index (χ0n) is 18.4. The van der Waals surface area contributed by atoms with E-state index >= 15 is 0 Å². The third-order valence-electron chi connectivity index (χ3n) is 4.38. The van der Waals surface area contributed by atoms with Gasteiger partial charge in [-0.05, 0) is 33.0 Å². The molecule has 0 aliphatic heterocycles. The van der Waals surface area contributed by atoms with E-state index in [0.29, 0.717) is 0 Å². The molecule has 8 heteroatoms. The maximum absolute atomic E-state index is 10.1. The second-order valence-corrected chi connectivity index (χ2v) is 9.13. The summed E-state index contributed by atoms with van der Waals surface area (Å²) < 4.78 is 10.1. The van der Waals surface area contributed by atoms with Crippen LogP contribution in [0.1, 0.15) is 90.9 Å². The molecule has 4 N–H and O–H groups in total. The van der Waals surface area contributed by atoms with Crippen LogP contribution in [-0.2, 0) is 9.36 Å². The van der Waals surface area contributed by atoms with Gasteiger partial charge in [-0.1, -0.05) is 78.1 Å². The van der Waals surface area contributed by atoms with Gasteiger partial charge in [-0.25, -0.2) is 0 Å². The molecule has 28 heavy (non-hydrogen) atoms. The summed E-state index contributed by atoms with van der Waals surface area (Å²) in [6, 6.07) is 0. The van der Waals surface area contributed by atoms with E-state index in [9.17, 15) is 9.36 Å². The minimum absolute atomic E-state index is 0.439. The van der Waals surface area contributed by atoms with E-state index in [0.717, 1.165) is 0 Å². The molecule has 0 bridgehead atoms. The molecule has 0 radical (unpaired) electrons. The van der Waals surface area contributed by atoms with Crippen LogP contribution in [0.4, 0.5) is 0 Å². The third-order valence-corrected chi connectivity index (χ3v) is 5.02. The van der Waals surface area contributed by atoms with Crippen molar-refractivity contribution in [1.29, 1.82) is 0 Å². The lowest BCUT2D eigenvalue weighted by Gasteiger charge is -2.16. The summed E-state index contributed by atoms with van der Waals surface area (Å²) in [6.45, 7) is 6.75. The van der Waals surface area contributed by atoms with Crippen LogP contribution < -0.4 is 5.32 Å². The van der Waals surface area contributed by atoms with E-state index in [2.05, 4.69) is 31.1 Å². The summed E-state index contributed by atoms with van der Waals surface area (Å²) in [5.74, 6) is -1.14. The largest absolute Gasteiger partial charge is 0.480 e. The Balaban J connectivity index is 0. The van der Waals surface area contributed by atoms with Gasteiger partial charge in [0.25, 0.3) is 0 Å². The summed E-state index contributed by atoms with van der Waals surface area (Å²) >= 11 is 0. The van der Waals surface area contributed by atoms with Crippen molar-refractivity contribution in [1.82, 2.24) is 10.2 Å². The van der Waals surface area contributed by atoms with Crippen LogP contribution in [-0.4, -0.2) is 58.7 Å². The Hall–Kier alpha value is -0.460. The van der Waals surface area contributed by atoms with Gasteiger partial charge in [0, 0.05) is 0 Å². The predicted molar refractivity (Wildman–Crippen MR) is 117 cm³/mol. The molecule has 0 unspecified atom stereocenters. The second-order valence-electron chi connectivity index (χ2n) is 7.48. The Labute approximate surface area is 172 Å². The van der Waals surface area contributed by atoms with Crippen LogP contribution in [0, 0.1) is 0 Å². The minimum atomic E-state index is -4.10. The first-order valence-corrected chi connectivity index (χ1v) is 12.7. The van der Waals surface area contributed by atoms with Crippen molar-refractivity contribution in [2.75, 3.05) is 33.0 Å². The van der Waals surface area contributed by atoms with Crippen molar-refractivity contribution in [3.8, 4) is 0 Å². The maximum atomic E-state index is 10.1. The second kappa shape index (κ2) is 21.3. The van der Waals surface area contributed by atoms with Gasteiger partial charge in [-0.2, -0.15) is 0 Å². The normalized spacial score (nSPS) is 11.4. The third kappa shape index (κ3) is 30.3. The molecular weight excluding hydrogens is 379 g/mol. The number of nitrogens with zero attached hydrogens (tertiary/aromatic N) is 1. The fraction of sp³-hybridized carbons (Fsp3) is 0.950. The number of aliphatic carboxylic acids is 1. The van der Waals surface area contributed by atoms with Crippen LogP contribution in [0.25, 0.3) is 0 Å². The Morgan fingerprint density at radius 2 is 1.21 bits per heavy atom. The van der Waals surface area contributed by atoms with Gasteiger partial charge in [-0.15, -0.1) is 0 Å². The maximum Gasteiger partial charge on any atom is 0.339 e. The fourth-order valence-electron chi connectivity index (χ4n) is 2.74. The predicted octanol–water partition coefficient (Wildman–Crippen LogP) is 4.44. The first kappa shape index (κ1) is 29.7. The van der Waals surface area contributed by atoms with Gasteiger partial charge in [0.1, 0.15) is 0 Å². The monoisotopic (exact) mass is 424 g/mol. The Bertz CT molecular complexity index is 375. The van der Waals surface area contributed by atoms with Crippen molar-refractivity contribution in [2.45, 2.75) is 90.9 Å². The van der Waals surface area contributed by atoms with Crippen LogP contribution >= 0.6 is 7.60 Å². The molecule has 0 aliphatic carbocycles. The van der Waals surface area contributed by atoms with Crippen molar-refractivity contribution >= 4 is 13.6 Å². The molecule has 0 aromatic rings. The molecule has 0 aliphatic rings. The molecule has 0 fully saturated rings.